The van der Waals surface area contributed by atoms with Gasteiger partial charge in [-0.3, -0.25) is 10.1 Å². The molecule has 20 heavy (non-hydrogen) atoms. The van der Waals surface area contributed by atoms with Gasteiger partial charge in [-0.15, -0.1) is 0 Å². The maximum Gasteiger partial charge on any atom is 0.327 e. The SMILES string of the molecule is CCCN(CC(C)(C)CN)c1cccc(F)c1[N+](=O)[O-]. The van der Waals surface area contributed by atoms with Crippen molar-refractivity contribution in [3.05, 3.63) is 34.1 Å². The summed E-state index contributed by atoms with van der Waals surface area (Å²) in [5.74, 6) is -0.806. The molecule has 0 unspecified atom stereocenters. The van der Waals surface area contributed by atoms with Gasteiger partial charge in [-0.2, -0.15) is 4.39 Å². The van der Waals surface area contributed by atoms with Gasteiger partial charge in [0.05, 0.1) is 4.92 Å². The summed E-state index contributed by atoms with van der Waals surface area (Å²) in [7, 11) is 0. The smallest absolute Gasteiger partial charge is 0.327 e. The maximum atomic E-state index is 13.7. The van der Waals surface area contributed by atoms with Gasteiger partial charge >= 0.3 is 5.69 Å². The summed E-state index contributed by atoms with van der Waals surface area (Å²) in [6.07, 6.45) is 0.814. The third-order valence-electron chi connectivity index (χ3n) is 3.15. The van der Waals surface area contributed by atoms with Crippen LogP contribution in [0.2, 0.25) is 0 Å². The summed E-state index contributed by atoms with van der Waals surface area (Å²) in [6.45, 7) is 7.57. The highest BCUT2D eigenvalue weighted by Crippen LogP contribution is 2.32. The number of rotatable bonds is 7. The Morgan fingerprint density at radius 1 is 1.45 bits per heavy atom. The molecule has 5 nitrogen and oxygen atoms in total. The summed E-state index contributed by atoms with van der Waals surface area (Å²) in [6, 6.07) is 4.19. The Labute approximate surface area is 118 Å². The first kappa shape index (κ1) is 16.4. The molecule has 112 valence electrons. The van der Waals surface area contributed by atoms with Crippen LogP contribution in [0.1, 0.15) is 27.2 Å². The van der Waals surface area contributed by atoms with Crippen LogP contribution in [0.3, 0.4) is 0 Å². The Morgan fingerprint density at radius 2 is 2.10 bits per heavy atom. The first-order valence-electron chi connectivity index (χ1n) is 6.70. The van der Waals surface area contributed by atoms with E-state index in [1.54, 1.807) is 6.07 Å². The van der Waals surface area contributed by atoms with E-state index in [9.17, 15) is 14.5 Å². The van der Waals surface area contributed by atoms with Crippen LogP contribution in [-0.4, -0.2) is 24.6 Å². The minimum absolute atomic E-state index is 0.199. The van der Waals surface area contributed by atoms with E-state index < -0.39 is 16.4 Å². The van der Waals surface area contributed by atoms with Crippen molar-refractivity contribution in [2.24, 2.45) is 11.1 Å². The molecular weight excluding hydrogens is 261 g/mol. The lowest BCUT2D eigenvalue weighted by Crippen LogP contribution is -2.39. The Hall–Kier alpha value is -1.69. The number of nitro benzene ring substituents is 1. The molecule has 0 fully saturated rings. The van der Waals surface area contributed by atoms with Gasteiger partial charge < -0.3 is 10.6 Å². The summed E-state index contributed by atoms with van der Waals surface area (Å²) < 4.78 is 13.7. The molecule has 6 heteroatoms. The second kappa shape index (κ2) is 6.65. The Bertz CT molecular complexity index is 477. The van der Waals surface area contributed by atoms with E-state index in [0.717, 1.165) is 12.5 Å². The van der Waals surface area contributed by atoms with Crippen LogP contribution in [0.25, 0.3) is 0 Å². The van der Waals surface area contributed by atoms with Gasteiger partial charge in [0.15, 0.2) is 0 Å². The predicted molar refractivity (Wildman–Crippen MR) is 78.4 cm³/mol. The largest absolute Gasteiger partial charge is 0.365 e. The highest BCUT2D eigenvalue weighted by Gasteiger charge is 2.27. The highest BCUT2D eigenvalue weighted by atomic mass is 19.1. The lowest BCUT2D eigenvalue weighted by Gasteiger charge is -2.33. The molecule has 0 atom stereocenters. The number of nitrogens with zero attached hydrogens (tertiary/aromatic N) is 2. The van der Waals surface area contributed by atoms with Gasteiger partial charge in [-0.1, -0.05) is 26.8 Å². The third kappa shape index (κ3) is 3.90. The van der Waals surface area contributed by atoms with Crippen LogP contribution in [0.15, 0.2) is 18.2 Å². The minimum Gasteiger partial charge on any atom is -0.365 e. The topological polar surface area (TPSA) is 72.4 Å². The van der Waals surface area contributed by atoms with Crippen molar-refractivity contribution in [1.29, 1.82) is 0 Å². The van der Waals surface area contributed by atoms with Crippen molar-refractivity contribution < 1.29 is 9.31 Å². The van der Waals surface area contributed by atoms with Gasteiger partial charge in [-0.25, -0.2) is 0 Å². The Morgan fingerprint density at radius 3 is 2.60 bits per heavy atom. The summed E-state index contributed by atoms with van der Waals surface area (Å²) in [5.41, 5.74) is 5.38. The molecule has 1 rings (SSSR count). The number of hydrogen-bond donors (Lipinski definition) is 1. The van der Waals surface area contributed by atoms with Gasteiger partial charge in [-0.05, 0) is 30.5 Å². The Balaban J connectivity index is 3.21. The van der Waals surface area contributed by atoms with Crippen LogP contribution in [0.5, 0.6) is 0 Å². The number of nitrogens with two attached hydrogens (primary N) is 1. The van der Waals surface area contributed by atoms with Crippen molar-refractivity contribution in [1.82, 2.24) is 0 Å². The number of anilines is 1. The van der Waals surface area contributed by atoms with Crippen molar-refractivity contribution in [2.75, 3.05) is 24.5 Å². The zero-order chi connectivity index (χ0) is 15.3. The molecular formula is C14H22FN3O2. The number of nitro groups is 1. The Kier molecular flexibility index (Phi) is 5.44. The number of halogens is 1. The predicted octanol–water partition coefficient (Wildman–Crippen LogP) is 2.94. The highest BCUT2D eigenvalue weighted by molar-refractivity contribution is 5.64. The molecule has 0 saturated carbocycles. The van der Waals surface area contributed by atoms with Crippen LogP contribution in [0.4, 0.5) is 15.8 Å². The van der Waals surface area contributed by atoms with Gasteiger partial charge in [0.25, 0.3) is 0 Å². The van der Waals surface area contributed by atoms with Crippen molar-refractivity contribution in [3.8, 4) is 0 Å². The molecule has 2 N–H and O–H groups in total. The molecule has 0 bridgehead atoms. The first-order chi connectivity index (χ1) is 9.32. The van der Waals surface area contributed by atoms with Crippen molar-refractivity contribution in [3.63, 3.8) is 0 Å². The van der Waals surface area contributed by atoms with Crippen LogP contribution in [0, 0.1) is 21.3 Å². The van der Waals surface area contributed by atoms with E-state index in [1.165, 1.54) is 6.07 Å². The van der Waals surface area contributed by atoms with E-state index in [2.05, 4.69) is 0 Å². The molecule has 1 aromatic carbocycles. The summed E-state index contributed by atoms with van der Waals surface area (Å²) in [4.78, 5) is 12.3. The van der Waals surface area contributed by atoms with E-state index in [1.807, 2.05) is 25.7 Å². The number of benzene rings is 1. The fraction of sp³-hybridized carbons (Fsp3) is 0.571. The lowest BCUT2D eigenvalue weighted by molar-refractivity contribution is -0.386. The van der Waals surface area contributed by atoms with Crippen molar-refractivity contribution >= 4 is 11.4 Å². The normalized spacial score (nSPS) is 11.4. The van der Waals surface area contributed by atoms with E-state index in [-0.39, 0.29) is 5.41 Å². The molecule has 1 aromatic rings. The van der Waals surface area contributed by atoms with Crippen LogP contribution >= 0.6 is 0 Å². The molecule has 0 aliphatic rings. The molecule has 0 amide bonds. The minimum atomic E-state index is -0.806. The maximum absolute atomic E-state index is 13.7. The number of para-hydroxylation sites is 1. The van der Waals surface area contributed by atoms with Gasteiger partial charge in [0, 0.05) is 13.1 Å². The fourth-order valence-corrected chi connectivity index (χ4v) is 2.08. The molecule has 0 spiro atoms. The molecule has 0 radical (unpaired) electrons. The van der Waals surface area contributed by atoms with E-state index in [0.29, 0.717) is 25.3 Å². The van der Waals surface area contributed by atoms with Crippen LogP contribution < -0.4 is 10.6 Å². The zero-order valence-electron chi connectivity index (χ0n) is 12.2. The monoisotopic (exact) mass is 283 g/mol. The molecule has 0 saturated heterocycles. The van der Waals surface area contributed by atoms with E-state index in [4.69, 9.17) is 5.73 Å². The molecule has 0 aromatic heterocycles. The first-order valence-corrected chi connectivity index (χ1v) is 6.70. The zero-order valence-corrected chi connectivity index (χ0v) is 12.2. The lowest BCUT2D eigenvalue weighted by atomic mass is 9.92. The fourth-order valence-electron chi connectivity index (χ4n) is 2.08. The second-order valence-electron chi connectivity index (χ2n) is 5.65. The standard InChI is InChI=1S/C14H22FN3O2/c1-4-8-17(10-14(2,3)9-16)12-7-5-6-11(15)13(12)18(19)20/h5-7H,4,8-10,16H2,1-3H3. The van der Waals surface area contributed by atoms with Crippen LogP contribution in [-0.2, 0) is 0 Å². The molecule has 0 aliphatic heterocycles. The average Bonchev–Trinajstić information content (AvgIpc) is 2.37. The second-order valence-corrected chi connectivity index (χ2v) is 5.65. The van der Waals surface area contributed by atoms with Gasteiger partial charge in [0.1, 0.15) is 5.69 Å². The third-order valence-corrected chi connectivity index (χ3v) is 3.15. The molecule has 0 aliphatic carbocycles. The van der Waals surface area contributed by atoms with Crippen molar-refractivity contribution in [2.45, 2.75) is 27.2 Å². The average molecular weight is 283 g/mol. The number of hydrogen-bond acceptors (Lipinski definition) is 4. The van der Waals surface area contributed by atoms with E-state index >= 15 is 0 Å². The van der Waals surface area contributed by atoms with Gasteiger partial charge in [0.2, 0.25) is 5.82 Å². The quantitative estimate of drug-likeness (QED) is 0.617. The molecule has 0 heterocycles. The summed E-state index contributed by atoms with van der Waals surface area (Å²) in [5, 5.41) is 11.1. The summed E-state index contributed by atoms with van der Waals surface area (Å²) >= 11 is 0.